The van der Waals surface area contributed by atoms with Gasteiger partial charge in [-0.2, -0.15) is 0 Å². The van der Waals surface area contributed by atoms with E-state index in [1.54, 1.807) is 0 Å². The number of nitrogens with one attached hydrogen (secondary N) is 1. The molecule has 20 heavy (non-hydrogen) atoms. The van der Waals surface area contributed by atoms with Crippen molar-refractivity contribution in [2.75, 3.05) is 12.4 Å². The van der Waals surface area contributed by atoms with Gasteiger partial charge < -0.3 is 5.32 Å². The Kier molecular flexibility index (Phi) is 3.80. The Balaban J connectivity index is 2.51. The average molecular weight is 269 g/mol. The normalized spacial score (nSPS) is 11.5. The first-order valence-corrected chi connectivity index (χ1v) is 6.96. The smallest absolute Gasteiger partial charge is 0.130 e. The maximum absolute atomic E-state index is 4.55. The summed E-state index contributed by atoms with van der Waals surface area (Å²) in [6.07, 6.45) is 0. The van der Waals surface area contributed by atoms with Gasteiger partial charge in [-0.3, -0.25) is 0 Å². The first kappa shape index (κ1) is 14.5. The van der Waals surface area contributed by atoms with E-state index in [0.717, 1.165) is 17.3 Å². The van der Waals surface area contributed by atoms with Gasteiger partial charge in [-0.1, -0.05) is 39.0 Å². The fraction of sp³-hybridized carbons (Fsp3) is 0.412. The van der Waals surface area contributed by atoms with E-state index >= 15 is 0 Å². The molecule has 0 aliphatic rings. The molecule has 0 saturated carbocycles. The van der Waals surface area contributed by atoms with Crippen LogP contribution in [0, 0.1) is 13.8 Å². The number of aromatic nitrogens is 2. The molecule has 0 atom stereocenters. The lowest BCUT2D eigenvalue weighted by atomic mass is 9.85. The summed E-state index contributed by atoms with van der Waals surface area (Å²) in [6, 6.07) is 8.61. The molecular weight excluding hydrogens is 246 g/mol. The molecule has 1 heterocycles. The third-order valence-electron chi connectivity index (χ3n) is 3.46. The maximum Gasteiger partial charge on any atom is 0.130 e. The van der Waals surface area contributed by atoms with Gasteiger partial charge in [0.05, 0.1) is 5.69 Å². The highest BCUT2D eigenvalue weighted by Crippen LogP contribution is 2.29. The fourth-order valence-corrected chi connectivity index (χ4v) is 2.25. The van der Waals surface area contributed by atoms with Crippen LogP contribution in [0.25, 0.3) is 11.3 Å². The van der Waals surface area contributed by atoms with Crippen molar-refractivity contribution in [1.82, 2.24) is 9.97 Å². The van der Waals surface area contributed by atoms with Gasteiger partial charge in [-0.15, -0.1) is 0 Å². The molecule has 0 spiro atoms. The van der Waals surface area contributed by atoms with E-state index in [1.807, 2.05) is 20.0 Å². The summed E-state index contributed by atoms with van der Waals surface area (Å²) >= 11 is 0. The minimum atomic E-state index is 0.168. The van der Waals surface area contributed by atoms with E-state index in [-0.39, 0.29) is 5.41 Å². The average Bonchev–Trinajstić information content (AvgIpc) is 2.36. The van der Waals surface area contributed by atoms with E-state index in [4.69, 9.17) is 0 Å². The Morgan fingerprint density at radius 3 is 2.25 bits per heavy atom. The molecule has 3 nitrogen and oxygen atoms in total. The Morgan fingerprint density at radius 1 is 1.00 bits per heavy atom. The Hall–Kier alpha value is -1.90. The largest absolute Gasteiger partial charge is 0.373 e. The zero-order valence-electron chi connectivity index (χ0n) is 13.2. The molecule has 0 radical (unpaired) electrons. The van der Waals surface area contributed by atoms with Crippen molar-refractivity contribution in [1.29, 1.82) is 0 Å². The molecule has 2 aromatic rings. The van der Waals surface area contributed by atoms with Crippen molar-refractivity contribution < 1.29 is 0 Å². The van der Waals surface area contributed by atoms with Crippen molar-refractivity contribution in [2.24, 2.45) is 0 Å². The fourth-order valence-electron chi connectivity index (χ4n) is 2.25. The molecule has 1 aromatic carbocycles. The van der Waals surface area contributed by atoms with E-state index in [0.29, 0.717) is 0 Å². The zero-order chi connectivity index (χ0) is 14.9. The highest BCUT2D eigenvalue weighted by Gasteiger charge is 2.15. The van der Waals surface area contributed by atoms with E-state index in [2.05, 4.69) is 61.2 Å². The second-order valence-corrected chi connectivity index (χ2v) is 6.22. The number of nitrogens with zero attached hydrogens (tertiary/aromatic N) is 2. The van der Waals surface area contributed by atoms with Gasteiger partial charge in [0.25, 0.3) is 0 Å². The van der Waals surface area contributed by atoms with Gasteiger partial charge in [0.15, 0.2) is 0 Å². The molecule has 0 fully saturated rings. The molecule has 0 saturated heterocycles. The lowest BCUT2D eigenvalue weighted by Gasteiger charge is -2.20. The number of aryl methyl sites for hydroxylation is 2. The van der Waals surface area contributed by atoms with Crippen LogP contribution in [0.5, 0.6) is 0 Å². The molecular formula is C17H23N3. The summed E-state index contributed by atoms with van der Waals surface area (Å²) < 4.78 is 0. The molecule has 2 rings (SSSR count). The van der Waals surface area contributed by atoms with Crippen LogP contribution >= 0.6 is 0 Å². The van der Waals surface area contributed by atoms with Gasteiger partial charge in [0.2, 0.25) is 0 Å². The van der Waals surface area contributed by atoms with Crippen LogP contribution in [0.3, 0.4) is 0 Å². The number of anilines is 1. The third-order valence-corrected chi connectivity index (χ3v) is 3.46. The molecule has 0 unspecified atom stereocenters. The Labute approximate surface area is 121 Å². The predicted octanol–water partition coefficient (Wildman–Crippen LogP) is 4.10. The Morgan fingerprint density at radius 2 is 1.70 bits per heavy atom. The summed E-state index contributed by atoms with van der Waals surface area (Å²) in [5.74, 6) is 1.64. The minimum Gasteiger partial charge on any atom is -0.373 e. The van der Waals surface area contributed by atoms with Crippen LogP contribution in [0.15, 0.2) is 24.3 Å². The first-order valence-electron chi connectivity index (χ1n) is 6.96. The molecule has 106 valence electrons. The van der Waals surface area contributed by atoms with Crippen LogP contribution in [0.2, 0.25) is 0 Å². The lowest BCUT2D eigenvalue weighted by molar-refractivity contribution is 0.590. The topological polar surface area (TPSA) is 37.8 Å². The second-order valence-electron chi connectivity index (χ2n) is 6.22. The van der Waals surface area contributed by atoms with Crippen LogP contribution in [-0.4, -0.2) is 17.0 Å². The molecule has 1 aromatic heterocycles. The quantitative estimate of drug-likeness (QED) is 0.892. The van der Waals surface area contributed by atoms with E-state index in [9.17, 15) is 0 Å². The van der Waals surface area contributed by atoms with E-state index in [1.165, 1.54) is 16.7 Å². The molecule has 0 aliphatic carbocycles. The SMILES string of the molecule is CNc1cc(-c2ccc(C(C)(C)C)cc2C)nc(C)n1. The highest BCUT2D eigenvalue weighted by atomic mass is 15.0. The highest BCUT2D eigenvalue weighted by molar-refractivity contribution is 5.66. The summed E-state index contributed by atoms with van der Waals surface area (Å²) in [5, 5.41) is 3.08. The number of benzene rings is 1. The van der Waals surface area contributed by atoms with Gasteiger partial charge in [0, 0.05) is 18.7 Å². The van der Waals surface area contributed by atoms with Gasteiger partial charge in [0.1, 0.15) is 11.6 Å². The molecule has 0 aliphatic heterocycles. The summed E-state index contributed by atoms with van der Waals surface area (Å²) in [4.78, 5) is 8.90. The second kappa shape index (κ2) is 5.23. The van der Waals surface area contributed by atoms with Crippen LogP contribution in [0.4, 0.5) is 5.82 Å². The standard InChI is InChI=1S/C17H23N3/c1-11-9-13(17(3,4)5)7-8-14(11)15-10-16(18-6)20-12(2)19-15/h7-10H,1-6H3,(H,18,19,20). The van der Waals surface area contributed by atoms with Crippen LogP contribution in [0.1, 0.15) is 37.7 Å². The molecule has 0 bridgehead atoms. The van der Waals surface area contributed by atoms with Crippen molar-refractivity contribution in [3.8, 4) is 11.3 Å². The van der Waals surface area contributed by atoms with Gasteiger partial charge >= 0.3 is 0 Å². The minimum absolute atomic E-state index is 0.168. The van der Waals surface area contributed by atoms with Crippen molar-refractivity contribution in [3.63, 3.8) is 0 Å². The maximum atomic E-state index is 4.55. The molecule has 0 amide bonds. The summed E-state index contributed by atoms with van der Waals surface area (Å²) in [6.45, 7) is 10.8. The van der Waals surface area contributed by atoms with Crippen LogP contribution < -0.4 is 5.32 Å². The van der Waals surface area contributed by atoms with E-state index < -0.39 is 0 Å². The van der Waals surface area contributed by atoms with Crippen molar-refractivity contribution >= 4 is 5.82 Å². The summed E-state index contributed by atoms with van der Waals surface area (Å²) in [7, 11) is 1.88. The van der Waals surface area contributed by atoms with Crippen molar-refractivity contribution in [3.05, 3.63) is 41.2 Å². The molecule has 1 N–H and O–H groups in total. The Bertz CT molecular complexity index is 625. The number of rotatable bonds is 2. The van der Waals surface area contributed by atoms with Crippen molar-refractivity contribution in [2.45, 2.75) is 40.0 Å². The zero-order valence-corrected chi connectivity index (χ0v) is 13.2. The van der Waals surface area contributed by atoms with Gasteiger partial charge in [-0.25, -0.2) is 9.97 Å². The number of hydrogen-bond donors (Lipinski definition) is 1. The van der Waals surface area contributed by atoms with Gasteiger partial charge in [-0.05, 0) is 30.4 Å². The predicted molar refractivity (Wildman–Crippen MR) is 85.2 cm³/mol. The summed E-state index contributed by atoms with van der Waals surface area (Å²) in [5.41, 5.74) is 4.90. The monoisotopic (exact) mass is 269 g/mol. The molecule has 3 heteroatoms. The number of hydrogen-bond acceptors (Lipinski definition) is 3. The van der Waals surface area contributed by atoms with Crippen LogP contribution in [-0.2, 0) is 5.41 Å². The lowest BCUT2D eigenvalue weighted by Crippen LogP contribution is -2.11. The third kappa shape index (κ3) is 2.98. The first-order chi connectivity index (χ1) is 9.31.